The van der Waals surface area contributed by atoms with Gasteiger partial charge in [-0.25, -0.2) is 4.79 Å². The summed E-state index contributed by atoms with van der Waals surface area (Å²) in [6, 6.07) is 5.70. The molecule has 1 atom stereocenters. The summed E-state index contributed by atoms with van der Waals surface area (Å²) in [6.07, 6.45) is -1.64. The molecule has 2 aliphatic heterocycles. The van der Waals surface area contributed by atoms with Crippen LogP contribution in [0.2, 0.25) is 5.02 Å². The van der Waals surface area contributed by atoms with Gasteiger partial charge in [-0.3, -0.25) is 4.79 Å². The van der Waals surface area contributed by atoms with Gasteiger partial charge in [-0.2, -0.15) is 13.2 Å². The number of carboxylic acids is 1. The molecule has 0 aromatic heterocycles. The number of nitrogens with one attached hydrogen (secondary N) is 1. The number of aliphatic carboxylic acids is 1. The van der Waals surface area contributed by atoms with E-state index < -0.39 is 35.2 Å². The summed E-state index contributed by atoms with van der Waals surface area (Å²) >= 11 is 6.16. The minimum atomic E-state index is -4.69. The van der Waals surface area contributed by atoms with Gasteiger partial charge >= 0.3 is 12.1 Å². The maximum Gasteiger partial charge on any atom is 0.416 e. The quantitative estimate of drug-likeness (QED) is 0.632. The number of rotatable bonds is 1. The highest BCUT2D eigenvalue weighted by atomic mass is 35.5. The van der Waals surface area contributed by atoms with Crippen molar-refractivity contribution in [2.45, 2.75) is 18.6 Å². The SMILES string of the molecule is O=C1N[C@H](C(=O)O)Cc2ccc(c(Cl)c2)OCC=CCOc2ccc(C(F)(F)F)cc21. The van der Waals surface area contributed by atoms with Crippen LogP contribution >= 0.6 is 11.6 Å². The number of carbonyl (C=O) groups excluding carboxylic acids is 1. The second-order valence-corrected chi connectivity index (χ2v) is 7.04. The molecule has 164 valence electrons. The average molecular weight is 456 g/mol. The molecule has 2 aromatic carbocycles. The van der Waals surface area contributed by atoms with Crippen LogP contribution in [-0.4, -0.2) is 36.2 Å². The minimum absolute atomic E-state index is 0.0516. The van der Waals surface area contributed by atoms with Gasteiger partial charge in [0.05, 0.1) is 16.1 Å². The predicted molar refractivity (Wildman–Crippen MR) is 106 cm³/mol. The van der Waals surface area contributed by atoms with E-state index in [2.05, 4.69) is 5.32 Å². The summed E-state index contributed by atoms with van der Waals surface area (Å²) in [7, 11) is 0. The van der Waals surface area contributed by atoms with Crippen molar-refractivity contribution in [1.82, 2.24) is 5.32 Å². The van der Waals surface area contributed by atoms with Gasteiger partial charge in [0.15, 0.2) is 0 Å². The van der Waals surface area contributed by atoms with Gasteiger partial charge in [0, 0.05) is 6.42 Å². The van der Waals surface area contributed by atoms with Crippen molar-refractivity contribution in [3.63, 3.8) is 0 Å². The molecule has 0 aliphatic carbocycles. The van der Waals surface area contributed by atoms with Crippen LogP contribution in [-0.2, 0) is 17.4 Å². The number of hydrogen-bond donors (Lipinski definition) is 2. The number of carboxylic acid groups (broad SMARTS) is 1. The standard InChI is InChI=1S/C21H17ClF3NO5/c22-15-9-12-3-5-18(15)31-8-2-1-7-30-17-6-4-13(21(23,24)25)11-14(17)19(27)26-16(10-12)20(28)29/h1-6,9,11,16H,7-8,10H2,(H,26,27)(H,28,29)/t16-/m0/s1. The summed E-state index contributed by atoms with van der Waals surface area (Å²) in [5.74, 6) is -2.08. The zero-order chi connectivity index (χ0) is 22.6. The Bertz CT molecular complexity index is 1020. The van der Waals surface area contributed by atoms with Gasteiger partial charge in [0.1, 0.15) is 30.8 Å². The molecule has 2 aromatic rings. The number of ether oxygens (including phenoxy) is 2. The van der Waals surface area contributed by atoms with Gasteiger partial charge in [-0.1, -0.05) is 17.7 Å². The number of fused-ring (bicyclic) bond motifs is 9. The molecule has 10 heteroatoms. The first-order chi connectivity index (χ1) is 14.6. The Balaban J connectivity index is 2.00. The molecule has 4 rings (SSSR count). The summed E-state index contributed by atoms with van der Waals surface area (Å²) in [5.41, 5.74) is -0.989. The molecular formula is C21H17ClF3NO5. The molecule has 0 saturated heterocycles. The largest absolute Gasteiger partial charge is 0.489 e. The fourth-order valence-corrected chi connectivity index (χ4v) is 3.14. The molecule has 0 fully saturated rings. The molecule has 1 amide bonds. The number of alkyl halides is 3. The lowest BCUT2D eigenvalue weighted by Crippen LogP contribution is -2.42. The topological polar surface area (TPSA) is 84.9 Å². The lowest BCUT2D eigenvalue weighted by molar-refractivity contribution is -0.139. The predicted octanol–water partition coefficient (Wildman–Crippen LogP) is 4.11. The lowest BCUT2D eigenvalue weighted by Gasteiger charge is -2.18. The van der Waals surface area contributed by atoms with E-state index in [-0.39, 0.29) is 30.4 Å². The number of carbonyl (C=O) groups is 2. The van der Waals surface area contributed by atoms with Crippen molar-refractivity contribution in [3.8, 4) is 11.5 Å². The molecule has 2 N–H and O–H groups in total. The van der Waals surface area contributed by atoms with Crippen molar-refractivity contribution < 1.29 is 37.3 Å². The van der Waals surface area contributed by atoms with Gasteiger partial charge in [-0.15, -0.1) is 0 Å². The van der Waals surface area contributed by atoms with E-state index in [1.807, 2.05) is 0 Å². The minimum Gasteiger partial charge on any atom is -0.489 e. The van der Waals surface area contributed by atoms with Gasteiger partial charge in [0.25, 0.3) is 5.91 Å². The molecular weight excluding hydrogens is 439 g/mol. The molecule has 2 aliphatic rings. The average Bonchev–Trinajstić information content (AvgIpc) is 2.69. The molecule has 0 radical (unpaired) electrons. The highest BCUT2D eigenvalue weighted by molar-refractivity contribution is 6.32. The van der Waals surface area contributed by atoms with Crippen LogP contribution in [0, 0.1) is 0 Å². The van der Waals surface area contributed by atoms with Crippen LogP contribution in [0.1, 0.15) is 21.5 Å². The number of benzene rings is 2. The lowest BCUT2D eigenvalue weighted by atomic mass is 10.0. The van der Waals surface area contributed by atoms with Gasteiger partial charge in [-0.05, 0) is 48.0 Å². The second-order valence-electron chi connectivity index (χ2n) is 6.64. The van der Waals surface area contributed by atoms with Crippen LogP contribution in [0.4, 0.5) is 13.2 Å². The Morgan fingerprint density at radius 2 is 1.71 bits per heavy atom. The summed E-state index contributed by atoms with van der Waals surface area (Å²) in [5, 5.41) is 12.0. The summed E-state index contributed by atoms with van der Waals surface area (Å²) in [4.78, 5) is 24.4. The normalized spacial score (nSPS) is 17.3. The highest BCUT2D eigenvalue weighted by Crippen LogP contribution is 2.33. The molecule has 2 bridgehead atoms. The molecule has 6 nitrogen and oxygen atoms in total. The summed E-state index contributed by atoms with van der Waals surface area (Å²) in [6.45, 7) is 0.102. The Hall–Kier alpha value is -3.20. The Morgan fingerprint density at radius 1 is 1.06 bits per heavy atom. The van der Waals surface area contributed by atoms with Gasteiger partial charge < -0.3 is 19.9 Å². The molecule has 0 spiro atoms. The Morgan fingerprint density at radius 3 is 2.32 bits per heavy atom. The molecule has 2 heterocycles. The third-order valence-corrected chi connectivity index (χ3v) is 4.72. The first-order valence-electron chi connectivity index (χ1n) is 9.09. The van der Waals surface area contributed by atoms with E-state index >= 15 is 0 Å². The first-order valence-corrected chi connectivity index (χ1v) is 9.47. The Kier molecular flexibility index (Phi) is 6.74. The molecule has 31 heavy (non-hydrogen) atoms. The number of hydrogen-bond acceptors (Lipinski definition) is 4. The van der Waals surface area contributed by atoms with E-state index in [1.54, 1.807) is 24.3 Å². The monoisotopic (exact) mass is 455 g/mol. The maximum atomic E-state index is 13.1. The van der Waals surface area contributed by atoms with Crippen LogP contribution < -0.4 is 14.8 Å². The molecule has 0 unspecified atom stereocenters. The van der Waals surface area contributed by atoms with Crippen molar-refractivity contribution in [2.75, 3.05) is 13.2 Å². The van der Waals surface area contributed by atoms with E-state index in [0.29, 0.717) is 17.4 Å². The van der Waals surface area contributed by atoms with Crippen molar-refractivity contribution in [2.24, 2.45) is 0 Å². The van der Waals surface area contributed by atoms with Crippen LogP contribution in [0.25, 0.3) is 0 Å². The Labute approximate surface area is 180 Å². The maximum absolute atomic E-state index is 13.1. The second kappa shape index (κ2) is 9.30. The molecule has 0 saturated carbocycles. The van der Waals surface area contributed by atoms with Crippen LogP contribution in [0.15, 0.2) is 48.6 Å². The zero-order valence-corrected chi connectivity index (χ0v) is 16.7. The highest BCUT2D eigenvalue weighted by Gasteiger charge is 2.33. The van der Waals surface area contributed by atoms with Crippen molar-refractivity contribution in [3.05, 3.63) is 70.3 Å². The van der Waals surface area contributed by atoms with E-state index in [4.69, 9.17) is 21.1 Å². The van der Waals surface area contributed by atoms with Crippen molar-refractivity contribution >= 4 is 23.5 Å². The number of amides is 1. The third-order valence-electron chi connectivity index (χ3n) is 4.43. The third kappa shape index (κ3) is 5.69. The smallest absolute Gasteiger partial charge is 0.416 e. The first kappa shape index (κ1) is 22.5. The zero-order valence-electron chi connectivity index (χ0n) is 15.9. The van der Waals surface area contributed by atoms with Crippen LogP contribution in [0.5, 0.6) is 11.5 Å². The van der Waals surface area contributed by atoms with Crippen LogP contribution in [0.3, 0.4) is 0 Å². The van der Waals surface area contributed by atoms with E-state index in [0.717, 1.165) is 12.1 Å². The fraction of sp³-hybridized carbons (Fsp3) is 0.238. The number of halogens is 4. The van der Waals surface area contributed by atoms with Gasteiger partial charge in [0.2, 0.25) is 0 Å². The summed E-state index contributed by atoms with van der Waals surface area (Å²) < 4.78 is 50.3. The van der Waals surface area contributed by atoms with E-state index in [1.165, 1.54) is 6.07 Å². The fourth-order valence-electron chi connectivity index (χ4n) is 2.88. The van der Waals surface area contributed by atoms with Crippen molar-refractivity contribution in [1.29, 1.82) is 0 Å². The van der Waals surface area contributed by atoms with E-state index in [9.17, 15) is 27.9 Å².